The summed E-state index contributed by atoms with van der Waals surface area (Å²) in [6, 6.07) is 4.90. The Morgan fingerprint density at radius 3 is 3.08 bits per heavy atom. The molecule has 1 fully saturated rings. The maximum atomic E-state index is 12.6. The predicted octanol–water partition coefficient (Wildman–Crippen LogP) is 1.01. The van der Waals surface area contributed by atoms with Crippen molar-refractivity contribution >= 4 is 5.82 Å². The topological polar surface area (TPSA) is 45.1 Å². The number of hydrogen-bond donors (Lipinski definition) is 2. The van der Waals surface area contributed by atoms with Gasteiger partial charge in [0.1, 0.15) is 5.82 Å². The number of anilines is 1. The van der Waals surface area contributed by atoms with Crippen LogP contribution < -0.4 is 5.32 Å². The first kappa shape index (κ1) is 8.44. The highest BCUT2D eigenvalue weighted by atomic mass is 19.1. The van der Waals surface area contributed by atoms with Crippen molar-refractivity contribution in [1.82, 2.24) is 4.98 Å². The lowest BCUT2D eigenvalue weighted by Gasteiger charge is -2.02. The van der Waals surface area contributed by atoms with Crippen LogP contribution in [0.3, 0.4) is 0 Å². The molecule has 1 aliphatic rings. The Hall–Kier alpha value is -1.16. The summed E-state index contributed by atoms with van der Waals surface area (Å²) in [4.78, 5) is 3.66. The van der Waals surface area contributed by atoms with Gasteiger partial charge in [-0.3, -0.25) is 0 Å². The third kappa shape index (κ3) is 1.95. The van der Waals surface area contributed by atoms with Crippen LogP contribution in [0.4, 0.5) is 10.2 Å². The zero-order chi connectivity index (χ0) is 9.26. The molecule has 1 saturated carbocycles. The van der Waals surface area contributed by atoms with Crippen LogP contribution in [0.1, 0.15) is 6.42 Å². The second-order valence-electron chi connectivity index (χ2n) is 3.27. The molecule has 0 aromatic carbocycles. The second kappa shape index (κ2) is 3.30. The van der Waals surface area contributed by atoms with Crippen molar-refractivity contribution in [2.45, 2.75) is 12.5 Å². The van der Waals surface area contributed by atoms with Crippen molar-refractivity contribution in [2.75, 3.05) is 11.9 Å². The maximum Gasteiger partial charge on any atom is 0.214 e. The smallest absolute Gasteiger partial charge is 0.214 e. The molecule has 1 aromatic rings. The Morgan fingerprint density at radius 1 is 1.62 bits per heavy atom. The minimum Gasteiger partial charge on any atom is -0.396 e. The number of pyridine rings is 1. The minimum absolute atomic E-state index is 0.187. The third-order valence-corrected chi connectivity index (χ3v) is 2.21. The van der Waals surface area contributed by atoms with Gasteiger partial charge in [-0.15, -0.1) is 0 Å². The van der Waals surface area contributed by atoms with Gasteiger partial charge in [0.25, 0.3) is 0 Å². The molecule has 0 amide bonds. The summed E-state index contributed by atoms with van der Waals surface area (Å²) in [5.41, 5.74) is 0. The highest BCUT2D eigenvalue weighted by Crippen LogP contribution is 2.32. The number of nitrogens with one attached hydrogen (secondary N) is 1. The summed E-state index contributed by atoms with van der Waals surface area (Å²) in [7, 11) is 0. The molecule has 1 heterocycles. The molecule has 13 heavy (non-hydrogen) atoms. The van der Waals surface area contributed by atoms with Crippen molar-refractivity contribution in [2.24, 2.45) is 5.92 Å². The lowest BCUT2D eigenvalue weighted by molar-refractivity contribution is 0.275. The Labute approximate surface area is 75.6 Å². The van der Waals surface area contributed by atoms with Crippen LogP contribution in [-0.2, 0) is 0 Å². The van der Waals surface area contributed by atoms with Crippen LogP contribution in [-0.4, -0.2) is 22.7 Å². The molecule has 70 valence electrons. The van der Waals surface area contributed by atoms with Crippen molar-refractivity contribution in [1.29, 1.82) is 0 Å². The average molecular weight is 182 g/mol. The highest BCUT2D eigenvalue weighted by molar-refractivity contribution is 5.37. The molecule has 2 N–H and O–H groups in total. The zero-order valence-electron chi connectivity index (χ0n) is 7.07. The molecule has 1 aliphatic carbocycles. The lowest BCUT2D eigenvalue weighted by Crippen LogP contribution is -2.07. The molecule has 0 radical (unpaired) electrons. The van der Waals surface area contributed by atoms with Crippen molar-refractivity contribution in [3.63, 3.8) is 0 Å². The lowest BCUT2D eigenvalue weighted by atomic mass is 10.4. The molecule has 3 nitrogen and oxygen atoms in total. The first-order valence-electron chi connectivity index (χ1n) is 4.29. The minimum atomic E-state index is -0.480. The summed E-state index contributed by atoms with van der Waals surface area (Å²) in [6.07, 6.45) is 0.939. The van der Waals surface area contributed by atoms with Gasteiger partial charge in [0, 0.05) is 18.6 Å². The summed E-state index contributed by atoms with van der Waals surface area (Å²) < 4.78 is 12.6. The zero-order valence-corrected chi connectivity index (χ0v) is 7.07. The van der Waals surface area contributed by atoms with E-state index in [1.807, 2.05) is 0 Å². The number of aliphatic hydroxyl groups is 1. The van der Waals surface area contributed by atoms with Gasteiger partial charge in [-0.1, -0.05) is 6.07 Å². The number of nitrogens with zero attached hydrogens (tertiary/aromatic N) is 1. The van der Waals surface area contributed by atoms with Crippen LogP contribution in [0, 0.1) is 11.9 Å². The molecule has 2 atom stereocenters. The average Bonchev–Trinajstić information content (AvgIpc) is 2.83. The van der Waals surface area contributed by atoms with Crippen molar-refractivity contribution in [3.8, 4) is 0 Å². The van der Waals surface area contributed by atoms with E-state index < -0.39 is 5.95 Å². The SMILES string of the molecule is OC[C@@H]1C[C@H]1Nc1cccc(F)n1. The van der Waals surface area contributed by atoms with E-state index >= 15 is 0 Å². The van der Waals surface area contributed by atoms with Crippen molar-refractivity contribution in [3.05, 3.63) is 24.1 Å². The van der Waals surface area contributed by atoms with Gasteiger partial charge in [0.2, 0.25) is 5.95 Å². The Morgan fingerprint density at radius 2 is 2.46 bits per heavy atom. The monoisotopic (exact) mass is 182 g/mol. The van der Waals surface area contributed by atoms with Gasteiger partial charge >= 0.3 is 0 Å². The van der Waals surface area contributed by atoms with Crippen molar-refractivity contribution < 1.29 is 9.50 Å². The number of aliphatic hydroxyl groups excluding tert-OH is 1. The summed E-state index contributed by atoms with van der Waals surface area (Å²) >= 11 is 0. The maximum absolute atomic E-state index is 12.6. The van der Waals surface area contributed by atoms with E-state index in [0.29, 0.717) is 11.7 Å². The molecule has 2 rings (SSSR count). The van der Waals surface area contributed by atoms with E-state index in [-0.39, 0.29) is 12.6 Å². The first-order valence-corrected chi connectivity index (χ1v) is 4.29. The van der Waals surface area contributed by atoms with Crippen LogP contribution >= 0.6 is 0 Å². The third-order valence-electron chi connectivity index (χ3n) is 2.21. The number of rotatable bonds is 3. The number of hydrogen-bond acceptors (Lipinski definition) is 3. The van der Waals surface area contributed by atoms with E-state index in [9.17, 15) is 4.39 Å². The fourth-order valence-electron chi connectivity index (χ4n) is 1.30. The van der Waals surface area contributed by atoms with Crippen LogP contribution in [0.5, 0.6) is 0 Å². The second-order valence-corrected chi connectivity index (χ2v) is 3.27. The van der Waals surface area contributed by atoms with Gasteiger partial charge in [0.05, 0.1) is 0 Å². The van der Waals surface area contributed by atoms with Gasteiger partial charge < -0.3 is 10.4 Å². The van der Waals surface area contributed by atoms with Crippen LogP contribution in [0.25, 0.3) is 0 Å². The van der Waals surface area contributed by atoms with E-state index in [1.54, 1.807) is 12.1 Å². The van der Waals surface area contributed by atoms with Crippen LogP contribution in [0.15, 0.2) is 18.2 Å². The number of aromatic nitrogens is 1. The first-order chi connectivity index (χ1) is 6.29. The van der Waals surface area contributed by atoms with Crippen LogP contribution in [0.2, 0.25) is 0 Å². The Kier molecular flexibility index (Phi) is 2.14. The normalized spacial score (nSPS) is 25.7. The van der Waals surface area contributed by atoms with E-state index in [2.05, 4.69) is 10.3 Å². The summed E-state index contributed by atoms with van der Waals surface area (Å²) in [6.45, 7) is 0.187. The molecular weight excluding hydrogens is 171 g/mol. The van der Waals surface area contributed by atoms with E-state index in [4.69, 9.17) is 5.11 Å². The predicted molar refractivity (Wildman–Crippen MR) is 46.8 cm³/mol. The molecule has 1 aromatic heterocycles. The Bertz CT molecular complexity index is 305. The number of halogens is 1. The molecule has 0 saturated heterocycles. The van der Waals surface area contributed by atoms with E-state index in [0.717, 1.165) is 6.42 Å². The molecule has 4 heteroatoms. The molecule has 0 unspecified atom stereocenters. The largest absolute Gasteiger partial charge is 0.396 e. The molecule has 0 spiro atoms. The standard InChI is InChI=1S/C9H11FN2O/c10-8-2-1-3-9(12-8)11-7-4-6(7)5-13/h1-3,6-7,13H,4-5H2,(H,11,12)/t6-,7+/m0/s1. The van der Waals surface area contributed by atoms with E-state index in [1.165, 1.54) is 6.07 Å². The highest BCUT2D eigenvalue weighted by Gasteiger charge is 2.36. The fraction of sp³-hybridized carbons (Fsp3) is 0.444. The van der Waals surface area contributed by atoms with Gasteiger partial charge in [0.15, 0.2) is 0 Å². The van der Waals surface area contributed by atoms with Gasteiger partial charge in [-0.25, -0.2) is 4.98 Å². The molecule has 0 bridgehead atoms. The summed E-state index contributed by atoms with van der Waals surface area (Å²) in [5.74, 6) is 0.372. The Balaban J connectivity index is 1.95. The molecular formula is C9H11FN2O. The quantitative estimate of drug-likeness (QED) is 0.686. The summed E-state index contributed by atoms with van der Waals surface area (Å²) in [5, 5.41) is 11.8. The van der Waals surface area contributed by atoms with Gasteiger partial charge in [-0.05, 0) is 18.6 Å². The fourth-order valence-corrected chi connectivity index (χ4v) is 1.30. The molecule has 0 aliphatic heterocycles. The van der Waals surface area contributed by atoms with Gasteiger partial charge in [-0.2, -0.15) is 4.39 Å².